The highest BCUT2D eigenvalue weighted by Gasteiger charge is 2.07. The maximum Gasteiger partial charge on any atom is 0.270 e. The van der Waals surface area contributed by atoms with Crippen LogP contribution in [0.4, 0.5) is 0 Å². The van der Waals surface area contributed by atoms with Gasteiger partial charge in [-0.25, -0.2) is 4.98 Å². The van der Waals surface area contributed by atoms with Gasteiger partial charge in [-0.1, -0.05) is 0 Å². The Morgan fingerprint density at radius 2 is 2.44 bits per heavy atom. The van der Waals surface area contributed by atoms with Crippen LogP contribution in [0.2, 0.25) is 0 Å². The topological polar surface area (TPSA) is 71.5 Å². The second-order valence-electron chi connectivity index (χ2n) is 3.20. The molecule has 1 rings (SSSR count). The van der Waals surface area contributed by atoms with Gasteiger partial charge in [0.1, 0.15) is 5.69 Å². The molecule has 0 unspecified atom stereocenters. The van der Waals surface area contributed by atoms with Crippen molar-refractivity contribution in [1.29, 1.82) is 0 Å². The average Bonchev–Trinajstić information content (AvgIpc) is 2.70. The lowest BCUT2D eigenvalue weighted by atomic mass is 10.4. The van der Waals surface area contributed by atoms with Crippen molar-refractivity contribution in [3.05, 3.63) is 16.1 Å². The van der Waals surface area contributed by atoms with E-state index in [9.17, 15) is 4.79 Å². The number of rotatable bonds is 7. The largest absolute Gasteiger partial charge is 0.394 e. The summed E-state index contributed by atoms with van der Waals surface area (Å²) in [5.41, 5.74) is 0.471. The van der Waals surface area contributed by atoms with Crippen molar-refractivity contribution in [2.45, 2.75) is 13.3 Å². The monoisotopic (exact) mass is 244 g/mol. The van der Waals surface area contributed by atoms with E-state index in [1.807, 2.05) is 6.92 Å². The Balaban J connectivity index is 2.11. The molecule has 5 nitrogen and oxygen atoms in total. The molecule has 16 heavy (non-hydrogen) atoms. The van der Waals surface area contributed by atoms with Gasteiger partial charge in [0.2, 0.25) is 0 Å². The van der Waals surface area contributed by atoms with Crippen molar-refractivity contribution in [2.75, 3.05) is 26.4 Å². The van der Waals surface area contributed by atoms with Crippen LogP contribution >= 0.6 is 11.3 Å². The van der Waals surface area contributed by atoms with Crippen LogP contribution in [0.25, 0.3) is 0 Å². The van der Waals surface area contributed by atoms with Crippen molar-refractivity contribution in [3.63, 3.8) is 0 Å². The van der Waals surface area contributed by atoms with Crippen LogP contribution in [0.3, 0.4) is 0 Å². The highest BCUT2D eigenvalue weighted by molar-refractivity contribution is 7.09. The van der Waals surface area contributed by atoms with Gasteiger partial charge in [0.05, 0.1) is 18.2 Å². The summed E-state index contributed by atoms with van der Waals surface area (Å²) in [6, 6.07) is 0. The summed E-state index contributed by atoms with van der Waals surface area (Å²) < 4.78 is 5.06. The number of thiazole rings is 1. The van der Waals surface area contributed by atoms with Crippen molar-refractivity contribution in [2.24, 2.45) is 0 Å². The van der Waals surface area contributed by atoms with E-state index in [2.05, 4.69) is 10.3 Å². The lowest BCUT2D eigenvalue weighted by Crippen LogP contribution is -2.25. The quantitative estimate of drug-likeness (QED) is 0.688. The normalized spacial score (nSPS) is 10.4. The summed E-state index contributed by atoms with van der Waals surface area (Å²) in [6.07, 6.45) is 0.731. The van der Waals surface area contributed by atoms with Crippen molar-refractivity contribution < 1.29 is 14.6 Å². The third-order valence-electron chi connectivity index (χ3n) is 1.84. The molecular weight excluding hydrogens is 228 g/mol. The van der Waals surface area contributed by atoms with Gasteiger partial charge in [0, 0.05) is 18.5 Å². The molecule has 0 aliphatic rings. The lowest BCUT2D eigenvalue weighted by Gasteiger charge is -2.03. The van der Waals surface area contributed by atoms with Crippen molar-refractivity contribution in [1.82, 2.24) is 10.3 Å². The summed E-state index contributed by atoms with van der Waals surface area (Å²) in [6.45, 7) is 3.34. The standard InChI is InChI=1S/C10H16N2O3S/c1-8-12-9(7-16-8)10(14)11-3-2-5-15-6-4-13/h7,13H,2-6H2,1H3,(H,11,14). The molecule has 1 aromatic rings. The number of aryl methyl sites for hydroxylation is 1. The molecule has 1 amide bonds. The second kappa shape index (κ2) is 7.32. The number of aromatic nitrogens is 1. The molecule has 0 saturated carbocycles. The zero-order valence-corrected chi connectivity index (χ0v) is 10.0. The number of nitrogens with one attached hydrogen (secondary N) is 1. The molecule has 0 fully saturated rings. The molecule has 0 saturated heterocycles. The first-order valence-corrected chi connectivity index (χ1v) is 6.01. The Morgan fingerprint density at radius 1 is 1.62 bits per heavy atom. The zero-order chi connectivity index (χ0) is 11.8. The predicted molar refractivity (Wildman–Crippen MR) is 61.7 cm³/mol. The number of hydrogen-bond donors (Lipinski definition) is 2. The highest BCUT2D eigenvalue weighted by atomic mass is 32.1. The molecule has 0 spiro atoms. The minimum absolute atomic E-state index is 0.0322. The Morgan fingerprint density at radius 3 is 3.06 bits per heavy atom. The minimum Gasteiger partial charge on any atom is -0.394 e. The first kappa shape index (κ1) is 13.1. The summed E-state index contributed by atoms with van der Waals surface area (Å²) in [5, 5.41) is 13.8. The Hall–Kier alpha value is -0.980. The van der Waals surface area contributed by atoms with E-state index >= 15 is 0 Å². The number of aliphatic hydroxyl groups excluding tert-OH is 1. The average molecular weight is 244 g/mol. The fourth-order valence-corrected chi connectivity index (χ4v) is 1.69. The van der Waals surface area contributed by atoms with E-state index in [0.29, 0.717) is 25.5 Å². The number of hydrogen-bond acceptors (Lipinski definition) is 5. The van der Waals surface area contributed by atoms with Crippen LogP contribution in [-0.2, 0) is 4.74 Å². The molecular formula is C10H16N2O3S. The molecule has 2 N–H and O–H groups in total. The smallest absolute Gasteiger partial charge is 0.270 e. The van der Waals surface area contributed by atoms with Crippen LogP contribution in [0.1, 0.15) is 21.9 Å². The van der Waals surface area contributed by atoms with Crippen molar-refractivity contribution >= 4 is 17.2 Å². The number of amides is 1. The maximum atomic E-state index is 11.5. The predicted octanol–water partition coefficient (Wildman–Crippen LogP) is 0.580. The van der Waals surface area contributed by atoms with Crippen LogP contribution in [0, 0.1) is 6.92 Å². The van der Waals surface area contributed by atoms with Gasteiger partial charge in [0.25, 0.3) is 5.91 Å². The van der Waals surface area contributed by atoms with Crippen LogP contribution in [0.15, 0.2) is 5.38 Å². The second-order valence-corrected chi connectivity index (χ2v) is 4.26. The zero-order valence-electron chi connectivity index (χ0n) is 9.23. The van der Waals surface area contributed by atoms with E-state index in [1.54, 1.807) is 5.38 Å². The van der Waals surface area contributed by atoms with Crippen molar-refractivity contribution in [3.8, 4) is 0 Å². The van der Waals surface area contributed by atoms with E-state index in [-0.39, 0.29) is 12.5 Å². The Labute approximate surface area is 98.5 Å². The molecule has 0 aliphatic carbocycles. The third kappa shape index (κ3) is 4.69. The molecule has 0 atom stereocenters. The molecule has 6 heteroatoms. The Bertz CT molecular complexity index is 328. The SMILES string of the molecule is Cc1nc(C(=O)NCCCOCCO)cs1. The number of nitrogens with zero attached hydrogens (tertiary/aromatic N) is 1. The molecule has 1 heterocycles. The van der Waals surface area contributed by atoms with Gasteiger partial charge in [-0.15, -0.1) is 11.3 Å². The molecule has 0 radical (unpaired) electrons. The van der Waals surface area contributed by atoms with Gasteiger partial charge in [-0.05, 0) is 13.3 Å². The van der Waals surface area contributed by atoms with Gasteiger partial charge >= 0.3 is 0 Å². The number of carbonyl (C=O) groups is 1. The summed E-state index contributed by atoms with van der Waals surface area (Å²) in [5.74, 6) is -0.147. The first-order chi connectivity index (χ1) is 7.74. The number of aliphatic hydroxyl groups is 1. The van der Waals surface area contributed by atoms with Gasteiger partial charge < -0.3 is 15.2 Å². The van der Waals surface area contributed by atoms with Crippen LogP contribution in [-0.4, -0.2) is 42.4 Å². The van der Waals surface area contributed by atoms with E-state index in [1.165, 1.54) is 11.3 Å². The minimum atomic E-state index is -0.147. The van der Waals surface area contributed by atoms with E-state index in [0.717, 1.165) is 11.4 Å². The van der Waals surface area contributed by atoms with Crippen LogP contribution in [0.5, 0.6) is 0 Å². The van der Waals surface area contributed by atoms with E-state index < -0.39 is 0 Å². The van der Waals surface area contributed by atoms with Crippen LogP contribution < -0.4 is 5.32 Å². The molecule has 0 bridgehead atoms. The highest BCUT2D eigenvalue weighted by Crippen LogP contribution is 2.07. The third-order valence-corrected chi connectivity index (χ3v) is 2.61. The maximum absolute atomic E-state index is 11.5. The number of ether oxygens (including phenoxy) is 1. The summed E-state index contributed by atoms with van der Waals surface area (Å²) in [4.78, 5) is 15.6. The summed E-state index contributed by atoms with van der Waals surface area (Å²) in [7, 11) is 0. The molecule has 0 aliphatic heterocycles. The molecule has 90 valence electrons. The molecule has 1 aromatic heterocycles. The van der Waals surface area contributed by atoms with Gasteiger partial charge in [-0.3, -0.25) is 4.79 Å². The fourth-order valence-electron chi connectivity index (χ4n) is 1.10. The fraction of sp³-hybridized carbons (Fsp3) is 0.600. The first-order valence-electron chi connectivity index (χ1n) is 5.13. The molecule has 0 aromatic carbocycles. The Kier molecular flexibility index (Phi) is 5.99. The van der Waals surface area contributed by atoms with E-state index in [4.69, 9.17) is 9.84 Å². The lowest BCUT2D eigenvalue weighted by molar-refractivity contribution is 0.0866. The summed E-state index contributed by atoms with van der Waals surface area (Å²) >= 11 is 1.46. The number of carbonyl (C=O) groups excluding carboxylic acids is 1. The van der Waals surface area contributed by atoms with Gasteiger partial charge in [-0.2, -0.15) is 0 Å². The van der Waals surface area contributed by atoms with Gasteiger partial charge in [0.15, 0.2) is 0 Å².